The molecule has 1 unspecified atom stereocenters. The van der Waals surface area contributed by atoms with Gasteiger partial charge in [-0.1, -0.05) is 60.7 Å². The monoisotopic (exact) mass is 442 g/mol. The van der Waals surface area contributed by atoms with Crippen LogP contribution in [-0.4, -0.2) is 21.7 Å². The Kier molecular flexibility index (Phi) is 6.42. The molecule has 6 nitrogen and oxygen atoms in total. The Morgan fingerprint density at radius 2 is 1.55 bits per heavy atom. The molecule has 4 aromatic rings. The van der Waals surface area contributed by atoms with Crippen molar-refractivity contribution in [1.82, 2.24) is 9.78 Å². The predicted octanol–water partition coefficient (Wildman–Crippen LogP) is 3.68. The van der Waals surface area contributed by atoms with E-state index < -0.39 is 17.8 Å². The van der Waals surface area contributed by atoms with E-state index >= 15 is 0 Å². The third kappa shape index (κ3) is 4.88. The quantitative estimate of drug-likeness (QED) is 0.477. The molecular formula is C26H23FN4O2. The number of aryl methyl sites for hydroxylation is 1. The van der Waals surface area contributed by atoms with Crippen LogP contribution in [0.1, 0.15) is 17.0 Å². The van der Waals surface area contributed by atoms with Gasteiger partial charge in [0.25, 0.3) is 5.56 Å². The highest BCUT2D eigenvalue weighted by Gasteiger charge is 2.28. The van der Waals surface area contributed by atoms with Crippen molar-refractivity contribution in [2.75, 3.05) is 5.32 Å². The first-order chi connectivity index (χ1) is 15.9. The summed E-state index contributed by atoms with van der Waals surface area (Å²) in [6.07, 6.45) is 0. The lowest BCUT2D eigenvalue weighted by atomic mass is 9.85. The third-order valence-electron chi connectivity index (χ3n) is 5.45. The lowest BCUT2D eigenvalue weighted by Gasteiger charge is -2.24. The molecule has 33 heavy (non-hydrogen) atoms. The van der Waals surface area contributed by atoms with Gasteiger partial charge in [-0.2, -0.15) is 5.10 Å². The molecule has 1 aromatic heterocycles. The highest BCUT2D eigenvalue weighted by atomic mass is 19.1. The number of rotatable bonds is 6. The summed E-state index contributed by atoms with van der Waals surface area (Å²) >= 11 is 0. The predicted molar refractivity (Wildman–Crippen MR) is 126 cm³/mol. The Bertz CT molecular complexity index is 1280. The van der Waals surface area contributed by atoms with E-state index in [1.54, 1.807) is 6.07 Å². The molecule has 166 valence electrons. The van der Waals surface area contributed by atoms with E-state index in [4.69, 9.17) is 5.73 Å². The number of hydrogen-bond acceptors (Lipinski definition) is 4. The summed E-state index contributed by atoms with van der Waals surface area (Å²) in [4.78, 5) is 24.6. The Balaban J connectivity index is 1.58. The third-order valence-corrected chi connectivity index (χ3v) is 5.45. The molecule has 7 heteroatoms. The lowest BCUT2D eigenvalue weighted by molar-refractivity contribution is -0.117. The van der Waals surface area contributed by atoms with E-state index in [2.05, 4.69) is 10.4 Å². The van der Waals surface area contributed by atoms with E-state index in [-0.39, 0.29) is 22.7 Å². The number of aromatic nitrogens is 2. The van der Waals surface area contributed by atoms with Gasteiger partial charge in [0.2, 0.25) is 5.91 Å². The van der Waals surface area contributed by atoms with Crippen molar-refractivity contribution in [2.45, 2.75) is 12.0 Å². The van der Waals surface area contributed by atoms with E-state index in [1.807, 2.05) is 60.7 Å². The highest BCUT2D eigenvalue weighted by molar-refractivity contribution is 5.96. The number of anilines is 1. The van der Waals surface area contributed by atoms with Gasteiger partial charge in [0.15, 0.2) is 0 Å². The van der Waals surface area contributed by atoms with Gasteiger partial charge >= 0.3 is 0 Å². The van der Waals surface area contributed by atoms with Gasteiger partial charge in [0.1, 0.15) is 5.82 Å². The van der Waals surface area contributed by atoms with Crippen molar-refractivity contribution in [2.24, 2.45) is 12.8 Å². The van der Waals surface area contributed by atoms with Crippen LogP contribution in [0.25, 0.3) is 11.3 Å². The number of nitrogens with zero attached hydrogens (tertiary/aromatic N) is 2. The number of benzene rings is 3. The first-order valence-electron chi connectivity index (χ1n) is 10.4. The Morgan fingerprint density at radius 1 is 0.939 bits per heavy atom. The molecule has 1 amide bonds. The fourth-order valence-electron chi connectivity index (χ4n) is 3.75. The Hall–Kier alpha value is -4.10. The van der Waals surface area contributed by atoms with Gasteiger partial charge in [-0.25, -0.2) is 9.07 Å². The summed E-state index contributed by atoms with van der Waals surface area (Å²) in [6.45, 7) is 0. The van der Waals surface area contributed by atoms with Crippen molar-refractivity contribution in [3.63, 3.8) is 0 Å². The second-order valence-electron chi connectivity index (χ2n) is 7.69. The van der Waals surface area contributed by atoms with Crippen LogP contribution in [0, 0.1) is 5.82 Å². The maximum Gasteiger partial charge on any atom is 0.266 e. The summed E-state index contributed by atoms with van der Waals surface area (Å²) in [5.74, 6) is -1.37. The zero-order valence-corrected chi connectivity index (χ0v) is 18.0. The first kappa shape index (κ1) is 22.1. The van der Waals surface area contributed by atoms with E-state index in [1.165, 1.54) is 31.3 Å². The summed E-state index contributed by atoms with van der Waals surface area (Å²) < 4.78 is 15.9. The fourth-order valence-corrected chi connectivity index (χ4v) is 3.75. The van der Waals surface area contributed by atoms with E-state index in [0.717, 1.165) is 15.8 Å². The second-order valence-corrected chi connectivity index (χ2v) is 7.69. The van der Waals surface area contributed by atoms with Crippen LogP contribution in [0.2, 0.25) is 0 Å². The minimum Gasteiger partial charge on any atom is -0.325 e. The molecule has 0 bridgehead atoms. The zero-order chi connectivity index (χ0) is 23.4. The zero-order valence-electron chi connectivity index (χ0n) is 18.0. The summed E-state index contributed by atoms with van der Waals surface area (Å²) in [5, 5.41) is 6.79. The van der Waals surface area contributed by atoms with Gasteiger partial charge in [0.05, 0.1) is 11.7 Å². The molecule has 0 saturated carbocycles. The van der Waals surface area contributed by atoms with E-state index in [9.17, 15) is 14.0 Å². The minimum atomic E-state index is -0.900. The van der Waals surface area contributed by atoms with Gasteiger partial charge in [-0.15, -0.1) is 0 Å². The van der Waals surface area contributed by atoms with Crippen molar-refractivity contribution < 1.29 is 9.18 Å². The van der Waals surface area contributed by atoms with Crippen molar-refractivity contribution in [3.8, 4) is 11.3 Å². The summed E-state index contributed by atoms with van der Waals surface area (Å²) in [5.41, 5.74) is 8.77. The minimum absolute atomic E-state index is 0.222. The molecule has 0 fully saturated rings. The topological polar surface area (TPSA) is 90.0 Å². The van der Waals surface area contributed by atoms with Gasteiger partial charge in [-0.3, -0.25) is 9.59 Å². The molecule has 0 aliphatic carbocycles. The van der Waals surface area contributed by atoms with Crippen LogP contribution in [0.3, 0.4) is 0 Å². The average Bonchev–Trinajstić information content (AvgIpc) is 2.82. The Morgan fingerprint density at radius 3 is 2.09 bits per heavy atom. The first-order valence-corrected chi connectivity index (χ1v) is 10.4. The molecule has 3 N–H and O–H groups in total. The molecule has 0 radical (unpaired) electrons. The number of carbonyl (C=O) groups excluding carboxylic acids is 1. The number of amides is 1. The average molecular weight is 442 g/mol. The van der Waals surface area contributed by atoms with Gasteiger partial charge < -0.3 is 11.1 Å². The normalized spacial score (nSPS) is 11.9. The molecule has 0 aliphatic rings. The smallest absolute Gasteiger partial charge is 0.266 e. The van der Waals surface area contributed by atoms with Crippen molar-refractivity contribution in [1.29, 1.82) is 0 Å². The van der Waals surface area contributed by atoms with Crippen LogP contribution in [0.4, 0.5) is 10.1 Å². The number of nitrogens with two attached hydrogens (primary N) is 1. The number of halogens is 1. The summed E-state index contributed by atoms with van der Waals surface area (Å²) in [6, 6.07) is 25.3. The Labute approximate surface area is 190 Å². The SMILES string of the molecule is Cn1nc(-c2ccc(NC(=O)C(N)C(c3ccccc3)c3ccccc3)cc2F)ccc1=O. The molecule has 1 heterocycles. The fraction of sp³-hybridized carbons (Fsp3) is 0.115. The second kappa shape index (κ2) is 9.58. The largest absolute Gasteiger partial charge is 0.325 e. The molecule has 4 rings (SSSR count). The molecule has 1 atom stereocenters. The molecule has 3 aromatic carbocycles. The maximum absolute atomic E-state index is 14.8. The standard InChI is InChI=1S/C26H23FN4O2/c1-31-23(32)15-14-22(30-31)20-13-12-19(16-21(20)27)29-26(33)25(28)24(17-8-4-2-5-9-17)18-10-6-3-7-11-18/h2-16,24-25H,28H2,1H3,(H,29,33). The molecule has 0 saturated heterocycles. The molecular weight excluding hydrogens is 419 g/mol. The van der Waals surface area contributed by atoms with E-state index in [0.29, 0.717) is 5.69 Å². The highest BCUT2D eigenvalue weighted by Crippen LogP contribution is 2.28. The number of hydrogen-bond donors (Lipinski definition) is 2. The van der Waals surface area contributed by atoms with Crippen molar-refractivity contribution >= 4 is 11.6 Å². The van der Waals surface area contributed by atoms with Crippen LogP contribution in [-0.2, 0) is 11.8 Å². The number of nitrogens with one attached hydrogen (secondary N) is 1. The van der Waals surface area contributed by atoms with Gasteiger partial charge in [0, 0.05) is 30.3 Å². The molecule has 0 aliphatic heterocycles. The lowest BCUT2D eigenvalue weighted by Crippen LogP contribution is -2.41. The van der Waals surface area contributed by atoms with Crippen molar-refractivity contribution in [3.05, 3.63) is 118 Å². The molecule has 0 spiro atoms. The van der Waals surface area contributed by atoms with Crippen LogP contribution < -0.4 is 16.6 Å². The number of carbonyl (C=O) groups is 1. The van der Waals surface area contributed by atoms with Crippen LogP contribution in [0.5, 0.6) is 0 Å². The maximum atomic E-state index is 14.8. The van der Waals surface area contributed by atoms with Gasteiger partial charge in [-0.05, 0) is 35.4 Å². The van der Waals surface area contributed by atoms with Crippen LogP contribution >= 0.6 is 0 Å². The van der Waals surface area contributed by atoms with Crippen LogP contribution in [0.15, 0.2) is 95.8 Å². The summed E-state index contributed by atoms with van der Waals surface area (Å²) in [7, 11) is 1.50.